The van der Waals surface area contributed by atoms with Crippen LogP contribution >= 0.6 is 0 Å². The molecule has 2 aromatic carbocycles. The van der Waals surface area contributed by atoms with Crippen molar-refractivity contribution >= 4 is 27.5 Å². The standard InChI is InChI=1S/C25H35N3O5S/c1-18-11-13-21(14-12-18)28(34(7,31)32)17-23(29)27(19(2)24(30)26-25(3,4)5)16-20-9-8-10-22(15-20)33-6/h8-15,19H,16-17H2,1-7H3,(H,26,30)/t19-/m0/s1. The second-order valence-electron chi connectivity index (χ2n) is 9.39. The summed E-state index contributed by atoms with van der Waals surface area (Å²) < 4.78 is 31.5. The van der Waals surface area contributed by atoms with Gasteiger partial charge in [-0.2, -0.15) is 0 Å². The van der Waals surface area contributed by atoms with Crippen LogP contribution in [0.15, 0.2) is 48.5 Å². The van der Waals surface area contributed by atoms with E-state index in [2.05, 4.69) is 5.32 Å². The summed E-state index contributed by atoms with van der Waals surface area (Å²) in [7, 11) is -2.20. The Morgan fingerprint density at radius 3 is 2.24 bits per heavy atom. The molecule has 2 rings (SSSR count). The van der Waals surface area contributed by atoms with Crippen molar-refractivity contribution in [1.82, 2.24) is 10.2 Å². The summed E-state index contributed by atoms with van der Waals surface area (Å²) >= 11 is 0. The summed E-state index contributed by atoms with van der Waals surface area (Å²) in [5.74, 6) is -0.204. The van der Waals surface area contributed by atoms with Gasteiger partial charge in [0.05, 0.1) is 19.1 Å². The maximum atomic E-state index is 13.5. The number of methoxy groups -OCH3 is 1. The number of nitrogens with zero attached hydrogens (tertiary/aromatic N) is 2. The first-order valence-electron chi connectivity index (χ1n) is 11.0. The molecule has 0 saturated carbocycles. The second-order valence-corrected chi connectivity index (χ2v) is 11.3. The highest BCUT2D eigenvalue weighted by molar-refractivity contribution is 7.92. The SMILES string of the molecule is COc1cccc(CN(C(=O)CN(c2ccc(C)cc2)S(C)(=O)=O)[C@@H](C)C(=O)NC(C)(C)C)c1. The zero-order valence-corrected chi connectivity index (χ0v) is 21.8. The third-order valence-electron chi connectivity index (χ3n) is 5.15. The number of ether oxygens (including phenoxy) is 1. The van der Waals surface area contributed by atoms with Gasteiger partial charge in [0.1, 0.15) is 18.3 Å². The maximum Gasteiger partial charge on any atom is 0.244 e. The average molecular weight is 490 g/mol. The largest absolute Gasteiger partial charge is 0.497 e. The topological polar surface area (TPSA) is 96.0 Å². The fourth-order valence-corrected chi connectivity index (χ4v) is 4.20. The number of nitrogens with one attached hydrogen (secondary N) is 1. The van der Waals surface area contributed by atoms with Gasteiger partial charge in [-0.05, 0) is 64.4 Å². The van der Waals surface area contributed by atoms with Crippen molar-refractivity contribution in [3.8, 4) is 5.75 Å². The quantitative estimate of drug-likeness (QED) is 0.584. The van der Waals surface area contributed by atoms with Crippen LogP contribution in [0.5, 0.6) is 5.75 Å². The predicted molar refractivity (Wildman–Crippen MR) is 134 cm³/mol. The highest BCUT2D eigenvalue weighted by Crippen LogP contribution is 2.21. The van der Waals surface area contributed by atoms with E-state index in [1.165, 1.54) is 4.90 Å². The number of sulfonamides is 1. The Kier molecular flexibility index (Phi) is 8.72. The van der Waals surface area contributed by atoms with Crippen molar-refractivity contribution in [2.45, 2.75) is 52.7 Å². The third-order valence-corrected chi connectivity index (χ3v) is 6.29. The minimum atomic E-state index is -3.75. The Labute approximate surface area is 202 Å². The first-order chi connectivity index (χ1) is 15.7. The third kappa shape index (κ3) is 7.76. The summed E-state index contributed by atoms with van der Waals surface area (Å²) in [6.45, 7) is 8.78. The molecule has 0 bridgehead atoms. The van der Waals surface area contributed by atoms with E-state index in [9.17, 15) is 18.0 Å². The van der Waals surface area contributed by atoms with E-state index in [1.807, 2.05) is 33.8 Å². The Balaban J connectivity index is 2.41. The van der Waals surface area contributed by atoms with Crippen LogP contribution in [-0.2, 0) is 26.2 Å². The van der Waals surface area contributed by atoms with Gasteiger partial charge in [-0.1, -0.05) is 29.8 Å². The van der Waals surface area contributed by atoms with Crippen LogP contribution in [0.3, 0.4) is 0 Å². The van der Waals surface area contributed by atoms with Gasteiger partial charge in [0, 0.05) is 12.1 Å². The number of rotatable bonds is 9. The fourth-order valence-electron chi connectivity index (χ4n) is 3.35. The number of carbonyl (C=O) groups excluding carboxylic acids is 2. The minimum Gasteiger partial charge on any atom is -0.497 e. The Morgan fingerprint density at radius 1 is 1.09 bits per heavy atom. The zero-order valence-electron chi connectivity index (χ0n) is 21.0. The van der Waals surface area contributed by atoms with E-state index in [1.54, 1.807) is 56.5 Å². The molecule has 0 saturated heterocycles. The molecule has 1 atom stereocenters. The normalized spacial score (nSPS) is 12.6. The Hall–Kier alpha value is -3.07. The predicted octanol–water partition coefficient (Wildman–Crippen LogP) is 3.10. The molecule has 2 aromatic rings. The molecule has 1 N–H and O–H groups in total. The second kappa shape index (κ2) is 10.9. The van der Waals surface area contributed by atoms with Crippen molar-refractivity contribution in [3.05, 3.63) is 59.7 Å². The highest BCUT2D eigenvalue weighted by atomic mass is 32.2. The lowest BCUT2D eigenvalue weighted by Gasteiger charge is -2.33. The first-order valence-corrected chi connectivity index (χ1v) is 12.8. The van der Waals surface area contributed by atoms with Gasteiger partial charge in [0.15, 0.2) is 0 Å². The van der Waals surface area contributed by atoms with Gasteiger partial charge in [0.2, 0.25) is 21.8 Å². The molecule has 0 aliphatic rings. The van der Waals surface area contributed by atoms with E-state index in [0.717, 1.165) is 21.7 Å². The smallest absolute Gasteiger partial charge is 0.244 e. The summed E-state index contributed by atoms with van der Waals surface area (Å²) in [4.78, 5) is 27.9. The molecule has 0 heterocycles. The van der Waals surface area contributed by atoms with Crippen molar-refractivity contribution in [3.63, 3.8) is 0 Å². The molecular formula is C25H35N3O5S. The molecule has 0 radical (unpaired) electrons. The number of hydrogen-bond acceptors (Lipinski definition) is 5. The van der Waals surface area contributed by atoms with Crippen LogP contribution in [0, 0.1) is 6.92 Å². The lowest BCUT2D eigenvalue weighted by Crippen LogP contribution is -2.54. The molecule has 0 aliphatic heterocycles. The Bertz CT molecular complexity index is 1110. The number of carbonyl (C=O) groups is 2. The zero-order chi connectivity index (χ0) is 25.7. The van der Waals surface area contributed by atoms with Crippen LogP contribution < -0.4 is 14.4 Å². The van der Waals surface area contributed by atoms with Crippen molar-refractivity contribution < 1.29 is 22.7 Å². The molecule has 0 aliphatic carbocycles. The minimum absolute atomic E-state index is 0.111. The molecule has 8 nitrogen and oxygen atoms in total. The van der Waals surface area contributed by atoms with Crippen molar-refractivity contribution in [1.29, 1.82) is 0 Å². The van der Waals surface area contributed by atoms with Gasteiger partial charge in [0.25, 0.3) is 0 Å². The monoisotopic (exact) mass is 489 g/mol. The van der Waals surface area contributed by atoms with E-state index >= 15 is 0 Å². The number of anilines is 1. The van der Waals surface area contributed by atoms with Crippen molar-refractivity contribution in [2.75, 3.05) is 24.2 Å². The van der Waals surface area contributed by atoms with E-state index in [4.69, 9.17) is 4.74 Å². The van der Waals surface area contributed by atoms with Gasteiger partial charge in [-0.15, -0.1) is 0 Å². The maximum absolute atomic E-state index is 13.5. The molecule has 9 heteroatoms. The van der Waals surface area contributed by atoms with Gasteiger partial charge in [-0.25, -0.2) is 8.42 Å². The molecule has 0 aromatic heterocycles. The summed E-state index contributed by atoms with van der Waals surface area (Å²) in [5, 5.41) is 2.89. The van der Waals surface area contributed by atoms with Crippen molar-refractivity contribution in [2.24, 2.45) is 0 Å². The lowest BCUT2D eigenvalue weighted by molar-refractivity contribution is -0.140. The van der Waals surface area contributed by atoms with Crippen LogP contribution in [0.4, 0.5) is 5.69 Å². The van der Waals surface area contributed by atoms with E-state index in [-0.39, 0.29) is 12.5 Å². The van der Waals surface area contributed by atoms with Gasteiger partial charge >= 0.3 is 0 Å². The van der Waals surface area contributed by atoms with Gasteiger partial charge in [-0.3, -0.25) is 13.9 Å². The van der Waals surface area contributed by atoms with Crippen LogP contribution in [0.1, 0.15) is 38.8 Å². The summed E-state index contributed by atoms with van der Waals surface area (Å²) in [6, 6.07) is 13.2. The highest BCUT2D eigenvalue weighted by Gasteiger charge is 2.31. The van der Waals surface area contributed by atoms with Crippen LogP contribution in [0.2, 0.25) is 0 Å². The lowest BCUT2D eigenvalue weighted by atomic mass is 10.1. The number of amides is 2. The molecule has 0 unspecified atom stereocenters. The van der Waals surface area contributed by atoms with Crippen LogP contribution in [-0.4, -0.2) is 56.6 Å². The molecular weight excluding hydrogens is 454 g/mol. The Morgan fingerprint density at radius 2 is 1.71 bits per heavy atom. The van der Waals surface area contributed by atoms with E-state index < -0.39 is 34.1 Å². The first kappa shape index (κ1) is 27.2. The fraction of sp³-hybridized carbons (Fsp3) is 0.440. The molecule has 0 fully saturated rings. The molecule has 186 valence electrons. The summed E-state index contributed by atoms with van der Waals surface area (Å²) in [6.07, 6.45) is 1.06. The number of hydrogen-bond donors (Lipinski definition) is 1. The molecule has 0 spiro atoms. The summed E-state index contributed by atoms with van der Waals surface area (Å²) in [5.41, 5.74) is 1.62. The average Bonchev–Trinajstić information content (AvgIpc) is 2.74. The number of aryl methyl sites for hydroxylation is 1. The van der Waals surface area contributed by atoms with Crippen LogP contribution in [0.25, 0.3) is 0 Å². The van der Waals surface area contributed by atoms with Gasteiger partial charge < -0.3 is 15.0 Å². The number of benzene rings is 2. The molecule has 2 amide bonds. The van der Waals surface area contributed by atoms with E-state index in [0.29, 0.717) is 11.4 Å². The molecule has 34 heavy (non-hydrogen) atoms.